The van der Waals surface area contributed by atoms with Gasteiger partial charge in [0, 0.05) is 0 Å². The third-order valence-corrected chi connectivity index (χ3v) is 4.45. The second-order valence-corrected chi connectivity index (χ2v) is 6.48. The SMILES string of the molecule is CCCCCCCCCCC(C)Cc1ccsc1. The zero-order chi connectivity index (χ0) is 13.1. The Morgan fingerprint density at radius 2 is 1.67 bits per heavy atom. The molecular formula is C17H30S. The maximum atomic E-state index is 2.40. The van der Waals surface area contributed by atoms with E-state index in [2.05, 4.69) is 30.7 Å². The highest BCUT2D eigenvalue weighted by Gasteiger charge is 2.03. The lowest BCUT2D eigenvalue weighted by molar-refractivity contribution is 0.479. The summed E-state index contributed by atoms with van der Waals surface area (Å²) in [6.45, 7) is 4.69. The minimum absolute atomic E-state index is 0.861. The maximum absolute atomic E-state index is 2.40. The molecule has 0 aliphatic rings. The van der Waals surface area contributed by atoms with E-state index in [4.69, 9.17) is 0 Å². The molecule has 0 aliphatic heterocycles. The summed E-state index contributed by atoms with van der Waals surface area (Å²) in [6.07, 6.45) is 14.2. The molecule has 1 aromatic heterocycles. The lowest BCUT2D eigenvalue weighted by Gasteiger charge is -2.09. The molecule has 0 radical (unpaired) electrons. The summed E-state index contributed by atoms with van der Waals surface area (Å²) < 4.78 is 0. The fourth-order valence-electron chi connectivity index (χ4n) is 2.54. The molecule has 0 aromatic carbocycles. The molecule has 1 aromatic rings. The molecule has 0 saturated heterocycles. The molecule has 0 amide bonds. The summed E-state index contributed by atoms with van der Waals surface area (Å²) in [6, 6.07) is 2.27. The van der Waals surface area contributed by atoms with Crippen LogP contribution in [0.5, 0.6) is 0 Å². The fraction of sp³-hybridized carbons (Fsp3) is 0.765. The van der Waals surface area contributed by atoms with E-state index in [9.17, 15) is 0 Å². The molecule has 0 N–H and O–H groups in total. The molecule has 1 heteroatoms. The van der Waals surface area contributed by atoms with Crippen molar-refractivity contribution in [2.45, 2.75) is 78.1 Å². The van der Waals surface area contributed by atoms with Crippen molar-refractivity contribution in [1.29, 1.82) is 0 Å². The Bertz CT molecular complexity index is 263. The van der Waals surface area contributed by atoms with Gasteiger partial charge in [0.1, 0.15) is 0 Å². The summed E-state index contributed by atoms with van der Waals surface area (Å²) in [4.78, 5) is 0. The van der Waals surface area contributed by atoms with Crippen LogP contribution < -0.4 is 0 Å². The van der Waals surface area contributed by atoms with Crippen molar-refractivity contribution < 1.29 is 0 Å². The first-order valence-corrected chi connectivity index (χ1v) is 8.78. The molecule has 1 unspecified atom stereocenters. The summed E-state index contributed by atoms with van der Waals surface area (Å²) in [5.74, 6) is 0.861. The first-order chi connectivity index (χ1) is 8.83. The van der Waals surface area contributed by atoms with Crippen molar-refractivity contribution in [1.82, 2.24) is 0 Å². The van der Waals surface area contributed by atoms with E-state index < -0.39 is 0 Å². The predicted molar refractivity (Wildman–Crippen MR) is 84.4 cm³/mol. The predicted octanol–water partition coefficient (Wildman–Crippen LogP) is 6.46. The molecule has 1 atom stereocenters. The normalized spacial score (nSPS) is 12.8. The van der Waals surface area contributed by atoms with E-state index in [1.54, 1.807) is 0 Å². The molecular weight excluding hydrogens is 236 g/mol. The quantitative estimate of drug-likeness (QED) is 0.403. The average Bonchev–Trinajstić information content (AvgIpc) is 2.85. The zero-order valence-corrected chi connectivity index (χ0v) is 13.1. The highest BCUT2D eigenvalue weighted by molar-refractivity contribution is 7.07. The van der Waals surface area contributed by atoms with E-state index in [0.717, 1.165) is 5.92 Å². The monoisotopic (exact) mass is 266 g/mol. The lowest BCUT2D eigenvalue weighted by atomic mass is 9.96. The van der Waals surface area contributed by atoms with Crippen molar-refractivity contribution >= 4 is 11.3 Å². The zero-order valence-electron chi connectivity index (χ0n) is 12.3. The van der Waals surface area contributed by atoms with E-state index in [0.29, 0.717) is 0 Å². The minimum Gasteiger partial charge on any atom is -0.152 e. The minimum atomic E-state index is 0.861. The van der Waals surface area contributed by atoms with Gasteiger partial charge in [-0.15, -0.1) is 0 Å². The number of rotatable bonds is 11. The van der Waals surface area contributed by atoms with E-state index in [1.807, 2.05) is 11.3 Å². The first-order valence-electron chi connectivity index (χ1n) is 7.84. The van der Waals surface area contributed by atoms with Crippen LogP contribution in [0.2, 0.25) is 0 Å². The van der Waals surface area contributed by atoms with E-state index in [1.165, 1.54) is 69.8 Å². The van der Waals surface area contributed by atoms with Gasteiger partial charge in [-0.25, -0.2) is 0 Å². The molecule has 0 nitrogen and oxygen atoms in total. The summed E-state index contributed by atoms with van der Waals surface area (Å²) >= 11 is 1.82. The number of thiophene rings is 1. The average molecular weight is 266 g/mol. The Hall–Kier alpha value is -0.300. The summed E-state index contributed by atoms with van der Waals surface area (Å²) in [5, 5.41) is 4.49. The van der Waals surface area contributed by atoms with Crippen LogP contribution in [-0.4, -0.2) is 0 Å². The Morgan fingerprint density at radius 1 is 1.00 bits per heavy atom. The fourth-order valence-corrected chi connectivity index (χ4v) is 3.22. The van der Waals surface area contributed by atoms with Gasteiger partial charge >= 0.3 is 0 Å². The molecule has 104 valence electrons. The third kappa shape index (κ3) is 7.92. The van der Waals surface area contributed by atoms with Crippen molar-refractivity contribution in [3.05, 3.63) is 22.4 Å². The van der Waals surface area contributed by atoms with Crippen LogP contribution in [0.4, 0.5) is 0 Å². The topological polar surface area (TPSA) is 0 Å². The smallest absolute Gasteiger partial charge is 0.00612 e. The van der Waals surface area contributed by atoms with Gasteiger partial charge < -0.3 is 0 Å². The first kappa shape index (κ1) is 15.8. The van der Waals surface area contributed by atoms with Gasteiger partial charge in [0.2, 0.25) is 0 Å². The molecule has 0 aliphatic carbocycles. The van der Waals surface area contributed by atoms with Gasteiger partial charge in [0.25, 0.3) is 0 Å². The molecule has 0 bridgehead atoms. The van der Waals surface area contributed by atoms with Gasteiger partial charge in [0.15, 0.2) is 0 Å². The highest BCUT2D eigenvalue weighted by atomic mass is 32.1. The largest absolute Gasteiger partial charge is 0.152 e. The van der Waals surface area contributed by atoms with Gasteiger partial charge in [-0.1, -0.05) is 71.6 Å². The lowest BCUT2D eigenvalue weighted by Crippen LogP contribution is -1.98. The van der Waals surface area contributed by atoms with Gasteiger partial charge in [-0.05, 0) is 34.7 Å². The summed E-state index contributed by atoms with van der Waals surface area (Å²) in [5.41, 5.74) is 1.53. The van der Waals surface area contributed by atoms with Crippen LogP contribution >= 0.6 is 11.3 Å². The Kier molecular flexibility index (Phi) is 9.28. The Labute approximate surface area is 118 Å². The van der Waals surface area contributed by atoms with Crippen LogP contribution in [0, 0.1) is 5.92 Å². The molecule has 1 rings (SSSR count). The maximum Gasteiger partial charge on any atom is -0.00612 e. The van der Waals surface area contributed by atoms with Crippen LogP contribution in [0.1, 0.15) is 77.2 Å². The molecule has 0 spiro atoms. The van der Waals surface area contributed by atoms with Gasteiger partial charge in [-0.2, -0.15) is 11.3 Å². The van der Waals surface area contributed by atoms with Gasteiger partial charge in [-0.3, -0.25) is 0 Å². The van der Waals surface area contributed by atoms with Crippen molar-refractivity contribution in [2.24, 2.45) is 5.92 Å². The standard InChI is InChI=1S/C17H30S/c1-3-4-5-6-7-8-9-10-11-16(2)14-17-12-13-18-15-17/h12-13,15-16H,3-11,14H2,1-2H3. The number of hydrogen-bond donors (Lipinski definition) is 0. The van der Waals surface area contributed by atoms with Crippen LogP contribution in [0.3, 0.4) is 0 Å². The second-order valence-electron chi connectivity index (χ2n) is 5.70. The molecule has 0 saturated carbocycles. The van der Waals surface area contributed by atoms with Crippen LogP contribution in [0.25, 0.3) is 0 Å². The Balaban J connectivity index is 1.88. The summed E-state index contributed by atoms with van der Waals surface area (Å²) in [7, 11) is 0. The number of unbranched alkanes of at least 4 members (excludes halogenated alkanes) is 7. The van der Waals surface area contributed by atoms with Gasteiger partial charge in [0.05, 0.1) is 0 Å². The molecule has 1 heterocycles. The second kappa shape index (κ2) is 10.6. The highest BCUT2D eigenvalue weighted by Crippen LogP contribution is 2.18. The third-order valence-electron chi connectivity index (χ3n) is 3.71. The van der Waals surface area contributed by atoms with Crippen LogP contribution in [-0.2, 0) is 6.42 Å². The van der Waals surface area contributed by atoms with Crippen molar-refractivity contribution in [3.8, 4) is 0 Å². The van der Waals surface area contributed by atoms with E-state index in [-0.39, 0.29) is 0 Å². The van der Waals surface area contributed by atoms with Crippen molar-refractivity contribution in [2.75, 3.05) is 0 Å². The number of hydrogen-bond acceptors (Lipinski definition) is 1. The van der Waals surface area contributed by atoms with Crippen molar-refractivity contribution in [3.63, 3.8) is 0 Å². The Morgan fingerprint density at radius 3 is 2.28 bits per heavy atom. The van der Waals surface area contributed by atoms with E-state index >= 15 is 0 Å². The van der Waals surface area contributed by atoms with Crippen LogP contribution in [0.15, 0.2) is 16.8 Å². The molecule has 0 fully saturated rings. The molecule has 18 heavy (non-hydrogen) atoms.